The maximum Gasteiger partial charge on any atom is 0.317 e. The van der Waals surface area contributed by atoms with Crippen molar-refractivity contribution in [3.05, 3.63) is 29.6 Å². The molecule has 0 saturated carbocycles. The summed E-state index contributed by atoms with van der Waals surface area (Å²) < 4.78 is 4.42. The summed E-state index contributed by atoms with van der Waals surface area (Å²) in [5, 5.41) is 0. The zero-order valence-electron chi connectivity index (χ0n) is 8.19. The molecule has 15 heavy (non-hydrogen) atoms. The van der Waals surface area contributed by atoms with Gasteiger partial charge in [-0.25, -0.2) is 0 Å². The molecule has 1 heterocycles. The molecule has 0 atom stereocenters. The lowest BCUT2D eigenvalue weighted by molar-refractivity contribution is -0.139. The van der Waals surface area contributed by atoms with E-state index in [9.17, 15) is 9.59 Å². The minimum atomic E-state index is -0.375. The van der Waals surface area contributed by atoms with Gasteiger partial charge in [0.15, 0.2) is 6.29 Å². The highest BCUT2D eigenvalue weighted by atomic mass is 16.5. The lowest BCUT2D eigenvalue weighted by Gasteiger charge is -1.91. The van der Waals surface area contributed by atoms with Gasteiger partial charge in [0.05, 0.1) is 7.11 Å². The standard InChI is InChI=1S/C11H9NO3/c1-15-11(14)4-2-3-9-5-6-10(8-13)12-7-9/h5-8H,4H2,1H3. The van der Waals surface area contributed by atoms with E-state index in [0.29, 0.717) is 17.5 Å². The van der Waals surface area contributed by atoms with Crippen LogP contribution in [0.15, 0.2) is 18.3 Å². The molecule has 4 heteroatoms. The van der Waals surface area contributed by atoms with Gasteiger partial charge in [-0.15, -0.1) is 0 Å². The molecule has 0 amide bonds. The molecule has 0 fully saturated rings. The van der Waals surface area contributed by atoms with Crippen molar-refractivity contribution >= 4 is 12.3 Å². The van der Waals surface area contributed by atoms with Crippen LogP contribution in [0.25, 0.3) is 0 Å². The molecule has 1 aromatic heterocycles. The molecule has 76 valence electrons. The summed E-state index contributed by atoms with van der Waals surface area (Å²) in [7, 11) is 1.31. The van der Waals surface area contributed by atoms with E-state index in [1.165, 1.54) is 13.3 Å². The Bertz CT molecular complexity index is 412. The third-order valence-corrected chi connectivity index (χ3v) is 1.60. The number of rotatable bonds is 2. The topological polar surface area (TPSA) is 56.3 Å². The van der Waals surface area contributed by atoms with E-state index in [-0.39, 0.29) is 12.4 Å². The molecule has 0 unspecified atom stereocenters. The number of carbonyl (C=O) groups excluding carboxylic acids is 2. The van der Waals surface area contributed by atoms with Gasteiger partial charge in [-0.1, -0.05) is 11.8 Å². The summed E-state index contributed by atoms with van der Waals surface area (Å²) in [6.07, 6.45) is 2.19. The number of aldehydes is 1. The molecular formula is C11H9NO3. The highest BCUT2D eigenvalue weighted by Gasteiger charge is 1.94. The Kier molecular flexibility index (Phi) is 4.05. The van der Waals surface area contributed by atoms with Crippen molar-refractivity contribution in [2.45, 2.75) is 6.42 Å². The van der Waals surface area contributed by atoms with Crippen LogP contribution >= 0.6 is 0 Å². The van der Waals surface area contributed by atoms with Gasteiger partial charge in [0.2, 0.25) is 0 Å². The Balaban J connectivity index is 2.64. The van der Waals surface area contributed by atoms with Gasteiger partial charge < -0.3 is 4.74 Å². The minimum absolute atomic E-state index is 0.0476. The molecular weight excluding hydrogens is 194 g/mol. The van der Waals surface area contributed by atoms with Gasteiger partial charge in [-0.3, -0.25) is 14.6 Å². The van der Waals surface area contributed by atoms with Gasteiger partial charge in [0.25, 0.3) is 0 Å². The number of hydrogen-bond acceptors (Lipinski definition) is 4. The smallest absolute Gasteiger partial charge is 0.317 e. The van der Waals surface area contributed by atoms with Crippen molar-refractivity contribution in [2.75, 3.05) is 7.11 Å². The van der Waals surface area contributed by atoms with Crippen LogP contribution in [0.2, 0.25) is 0 Å². The molecule has 1 aromatic rings. The van der Waals surface area contributed by atoms with Crippen molar-refractivity contribution in [2.24, 2.45) is 0 Å². The van der Waals surface area contributed by atoms with Gasteiger partial charge in [0, 0.05) is 11.8 Å². The first-order valence-corrected chi connectivity index (χ1v) is 4.23. The number of ether oxygens (including phenoxy) is 1. The molecule has 0 aliphatic carbocycles. The molecule has 0 aliphatic rings. The maximum absolute atomic E-state index is 10.7. The largest absolute Gasteiger partial charge is 0.468 e. The monoisotopic (exact) mass is 203 g/mol. The van der Waals surface area contributed by atoms with Crippen LogP contribution < -0.4 is 0 Å². The molecule has 0 aromatic carbocycles. The molecule has 0 radical (unpaired) electrons. The summed E-state index contributed by atoms with van der Waals surface area (Å²) in [4.78, 5) is 24.8. The Morgan fingerprint density at radius 2 is 2.40 bits per heavy atom. The van der Waals surface area contributed by atoms with Crippen LogP contribution in [0.5, 0.6) is 0 Å². The van der Waals surface area contributed by atoms with Crippen LogP contribution in [0.1, 0.15) is 22.5 Å². The van der Waals surface area contributed by atoms with E-state index in [4.69, 9.17) is 0 Å². The zero-order chi connectivity index (χ0) is 11.1. The van der Waals surface area contributed by atoms with Gasteiger partial charge in [0.1, 0.15) is 12.1 Å². The fourth-order valence-corrected chi connectivity index (χ4v) is 0.840. The Hall–Kier alpha value is -2.15. The van der Waals surface area contributed by atoms with Gasteiger partial charge >= 0.3 is 5.97 Å². The lowest BCUT2D eigenvalue weighted by atomic mass is 10.2. The summed E-state index contributed by atoms with van der Waals surface area (Å²) in [5.74, 6) is 4.99. The van der Waals surface area contributed by atoms with E-state index in [2.05, 4.69) is 21.6 Å². The van der Waals surface area contributed by atoms with E-state index >= 15 is 0 Å². The van der Waals surface area contributed by atoms with Crippen LogP contribution in [0, 0.1) is 11.8 Å². The Morgan fingerprint density at radius 1 is 1.60 bits per heavy atom. The second-order valence-corrected chi connectivity index (χ2v) is 2.64. The SMILES string of the molecule is COC(=O)CC#Cc1ccc(C=O)nc1. The second-order valence-electron chi connectivity index (χ2n) is 2.64. The average Bonchev–Trinajstić information content (AvgIpc) is 2.29. The van der Waals surface area contributed by atoms with Gasteiger partial charge in [-0.2, -0.15) is 0 Å². The highest BCUT2D eigenvalue weighted by Crippen LogP contribution is 1.96. The third-order valence-electron chi connectivity index (χ3n) is 1.60. The number of pyridine rings is 1. The van der Waals surface area contributed by atoms with E-state index in [1.807, 2.05) is 0 Å². The van der Waals surface area contributed by atoms with Crippen LogP contribution in [0.3, 0.4) is 0 Å². The summed E-state index contributed by atoms with van der Waals surface area (Å²) in [6, 6.07) is 3.23. The first kappa shape index (κ1) is 10.9. The normalized spacial score (nSPS) is 8.60. The van der Waals surface area contributed by atoms with E-state index in [0.717, 1.165) is 0 Å². The fraction of sp³-hybridized carbons (Fsp3) is 0.182. The third kappa shape index (κ3) is 3.61. The maximum atomic E-state index is 10.7. The number of hydrogen-bond donors (Lipinski definition) is 0. The number of nitrogens with zero attached hydrogens (tertiary/aromatic N) is 1. The lowest BCUT2D eigenvalue weighted by Crippen LogP contribution is -1.97. The number of methoxy groups -OCH3 is 1. The van der Waals surface area contributed by atoms with Crippen LogP contribution in [-0.4, -0.2) is 24.3 Å². The van der Waals surface area contributed by atoms with Crippen molar-refractivity contribution in [1.29, 1.82) is 0 Å². The fourth-order valence-electron chi connectivity index (χ4n) is 0.840. The van der Waals surface area contributed by atoms with Crippen molar-refractivity contribution in [1.82, 2.24) is 4.98 Å². The van der Waals surface area contributed by atoms with E-state index < -0.39 is 0 Å². The molecule has 0 saturated heterocycles. The Morgan fingerprint density at radius 3 is 2.93 bits per heavy atom. The minimum Gasteiger partial charge on any atom is -0.468 e. The van der Waals surface area contributed by atoms with E-state index in [1.54, 1.807) is 12.1 Å². The predicted molar refractivity (Wildman–Crippen MR) is 53.1 cm³/mol. The molecule has 0 N–H and O–H groups in total. The molecule has 1 rings (SSSR count). The van der Waals surface area contributed by atoms with Crippen LogP contribution in [0.4, 0.5) is 0 Å². The number of carbonyl (C=O) groups is 2. The first-order valence-electron chi connectivity index (χ1n) is 4.23. The summed E-state index contributed by atoms with van der Waals surface area (Å²) >= 11 is 0. The molecule has 0 bridgehead atoms. The van der Waals surface area contributed by atoms with Crippen molar-refractivity contribution in [3.63, 3.8) is 0 Å². The number of esters is 1. The summed E-state index contributed by atoms with van der Waals surface area (Å²) in [6.45, 7) is 0. The van der Waals surface area contributed by atoms with Crippen molar-refractivity contribution < 1.29 is 14.3 Å². The second kappa shape index (κ2) is 5.55. The average molecular weight is 203 g/mol. The van der Waals surface area contributed by atoms with Gasteiger partial charge in [-0.05, 0) is 12.1 Å². The van der Waals surface area contributed by atoms with Crippen molar-refractivity contribution in [3.8, 4) is 11.8 Å². The predicted octanol–water partition coefficient (Wildman–Crippen LogP) is 0.809. The quantitative estimate of drug-likeness (QED) is 0.405. The first-order chi connectivity index (χ1) is 7.26. The Labute approximate surface area is 87.3 Å². The number of aromatic nitrogens is 1. The zero-order valence-corrected chi connectivity index (χ0v) is 8.19. The molecule has 4 nitrogen and oxygen atoms in total. The molecule has 0 aliphatic heterocycles. The molecule has 0 spiro atoms. The highest BCUT2D eigenvalue weighted by molar-refractivity contribution is 5.73. The van der Waals surface area contributed by atoms with Crippen LogP contribution in [-0.2, 0) is 9.53 Å². The summed E-state index contributed by atoms with van der Waals surface area (Å²) in [5.41, 5.74) is 1.01.